The van der Waals surface area contributed by atoms with Crippen LogP contribution in [0.4, 0.5) is 11.5 Å². The van der Waals surface area contributed by atoms with Crippen LogP contribution in [0.3, 0.4) is 0 Å². The van der Waals surface area contributed by atoms with E-state index in [4.69, 9.17) is 0 Å². The first-order valence-corrected chi connectivity index (χ1v) is 7.81. The Labute approximate surface area is 165 Å². The number of nitrogens with one attached hydrogen (secondary N) is 2. The van der Waals surface area contributed by atoms with Crippen LogP contribution < -0.4 is 10.6 Å². The van der Waals surface area contributed by atoms with E-state index < -0.39 is 0 Å². The molecule has 0 spiro atoms. The van der Waals surface area contributed by atoms with E-state index in [1.165, 1.54) is 13.3 Å². The average molecular weight is 520 g/mol. The van der Waals surface area contributed by atoms with Gasteiger partial charge in [0.05, 0.1) is 6.29 Å². The Morgan fingerprint density at radius 3 is 2.77 bits per heavy atom. The van der Waals surface area contributed by atoms with Gasteiger partial charge >= 0.3 is 0 Å². The van der Waals surface area contributed by atoms with Crippen LogP contribution in [0.25, 0.3) is 5.52 Å². The van der Waals surface area contributed by atoms with Crippen molar-refractivity contribution < 1.29 is 30.7 Å². The number of hydrogen-bond acceptors (Lipinski definition) is 5. The Morgan fingerprint density at radius 1 is 1.31 bits per heavy atom. The number of fused-ring (bicyclic) bond motifs is 1. The number of amides is 1. The molecule has 0 atom stereocenters. The number of hydrogen-bond donors (Lipinski definition) is 2. The molecule has 0 fully saturated rings. The molecule has 26 heavy (non-hydrogen) atoms. The predicted molar refractivity (Wildman–Crippen MR) is 94.5 cm³/mol. The molecule has 0 saturated carbocycles. The van der Waals surface area contributed by atoms with Crippen LogP contribution in [-0.2, 0) is 37.2 Å². The molecule has 0 bridgehead atoms. The first-order chi connectivity index (χ1) is 12.0. The number of anilines is 2. The van der Waals surface area contributed by atoms with Crippen LogP contribution in [0.5, 0.6) is 0 Å². The van der Waals surface area contributed by atoms with Crippen molar-refractivity contribution in [2.45, 2.75) is 27.3 Å². The third kappa shape index (κ3) is 3.99. The molecule has 134 valence electrons. The number of rotatable bonds is 5. The third-order valence-corrected chi connectivity index (χ3v) is 4.03. The molecular formula is C18H18N5O2W-. The van der Waals surface area contributed by atoms with Gasteiger partial charge in [0, 0.05) is 45.7 Å². The number of nitrogens with zero attached hydrogens (tertiary/aromatic N) is 3. The second kappa shape index (κ2) is 8.23. The molecule has 8 heteroatoms. The quantitative estimate of drug-likeness (QED) is 0.504. The molecule has 0 aliphatic rings. The van der Waals surface area contributed by atoms with Gasteiger partial charge < -0.3 is 19.9 Å². The topological polar surface area (TPSA) is 88.4 Å². The number of carbonyl (C=O) groups is 1. The summed E-state index contributed by atoms with van der Waals surface area (Å²) in [6, 6.07) is 5.91. The fourth-order valence-electron chi connectivity index (χ4n) is 2.62. The summed E-state index contributed by atoms with van der Waals surface area (Å²) in [6.07, 6.45) is 4.98. The van der Waals surface area contributed by atoms with Crippen LogP contribution in [-0.4, -0.2) is 26.8 Å². The minimum atomic E-state index is -0.0750. The standard InChI is InChI=1S/C18H18N5O2.W/c1-11-4-5-14(7-19-13(3)25)6-16(11)22-18-17-12(2)15(9-24)8-23(17)21-10-20-18;/h4-6,8,10H,7H2,1-3H3,(H,19,25)(H,20,21,22);/q-1;. The van der Waals surface area contributed by atoms with Crippen LogP contribution >= 0.6 is 0 Å². The summed E-state index contributed by atoms with van der Waals surface area (Å²) < 4.78 is 1.61. The Bertz CT molecular complexity index is 968. The van der Waals surface area contributed by atoms with Gasteiger partial charge in [-0.25, -0.2) is 4.98 Å². The van der Waals surface area contributed by atoms with Crippen molar-refractivity contribution in [3.63, 3.8) is 0 Å². The summed E-state index contributed by atoms with van der Waals surface area (Å²) in [5.41, 5.74) is 4.84. The van der Waals surface area contributed by atoms with E-state index >= 15 is 0 Å². The summed E-state index contributed by atoms with van der Waals surface area (Å²) in [6.45, 7) is 5.77. The van der Waals surface area contributed by atoms with Gasteiger partial charge in [0.25, 0.3) is 0 Å². The summed E-state index contributed by atoms with van der Waals surface area (Å²) in [4.78, 5) is 26.5. The van der Waals surface area contributed by atoms with Gasteiger partial charge in [0.2, 0.25) is 5.91 Å². The molecule has 2 heterocycles. The molecule has 3 rings (SSSR count). The van der Waals surface area contributed by atoms with E-state index in [2.05, 4.69) is 20.7 Å². The molecule has 0 saturated heterocycles. The summed E-state index contributed by atoms with van der Waals surface area (Å²) in [5, 5.41) is 10.2. The fraction of sp³-hybridized carbons (Fsp3) is 0.222. The van der Waals surface area contributed by atoms with Crippen molar-refractivity contribution in [1.82, 2.24) is 19.9 Å². The predicted octanol–water partition coefficient (Wildman–Crippen LogP) is 2.18. The zero-order valence-corrected chi connectivity index (χ0v) is 17.6. The van der Waals surface area contributed by atoms with E-state index in [9.17, 15) is 9.59 Å². The van der Waals surface area contributed by atoms with Crippen LogP contribution in [0.15, 0.2) is 30.7 Å². The maximum atomic E-state index is 11.1. The fourth-order valence-corrected chi connectivity index (χ4v) is 2.62. The van der Waals surface area contributed by atoms with E-state index in [0.717, 1.165) is 27.9 Å². The van der Waals surface area contributed by atoms with Crippen molar-refractivity contribution >= 4 is 29.2 Å². The SMILES string of the molecule is CC(=O)NCc1ccc(C)c(Nc2ncnn3cc([C-]=O)c(C)c23)c1.[W]. The number of aryl methyl sites for hydroxylation is 2. The third-order valence-electron chi connectivity index (χ3n) is 4.03. The maximum absolute atomic E-state index is 11.1. The summed E-state index contributed by atoms with van der Waals surface area (Å²) >= 11 is 0. The smallest absolute Gasteiger partial charge is 0.217 e. The minimum Gasteiger partial charge on any atom is -0.376 e. The molecule has 1 aromatic carbocycles. The van der Waals surface area contributed by atoms with Gasteiger partial charge in [-0.05, 0) is 24.1 Å². The zero-order valence-electron chi connectivity index (χ0n) is 14.7. The van der Waals surface area contributed by atoms with Crippen molar-refractivity contribution in [3.8, 4) is 0 Å². The Morgan fingerprint density at radius 2 is 2.08 bits per heavy atom. The van der Waals surface area contributed by atoms with Crippen LogP contribution in [0.1, 0.15) is 29.2 Å². The summed E-state index contributed by atoms with van der Waals surface area (Å²) in [5.74, 6) is 0.530. The van der Waals surface area contributed by atoms with Gasteiger partial charge in [-0.15, -0.1) is 11.1 Å². The van der Waals surface area contributed by atoms with Crippen molar-refractivity contribution in [1.29, 1.82) is 0 Å². The normalized spacial score (nSPS) is 10.3. The molecule has 2 N–H and O–H groups in total. The Balaban J connectivity index is 0.00000243. The van der Waals surface area contributed by atoms with E-state index in [-0.39, 0.29) is 27.0 Å². The molecule has 7 nitrogen and oxygen atoms in total. The molecule has 3 aromatic rings. The van der Waals surface area contributed by atoms with Crippen molar-refractivity contribution in [2.75, 3.05) is 5.32 Å². The second-order valence-corrected chi connectivity index (χ2v) is 5.86. The van der Waals surface area contributed by atoms with E-state index in [0.29, 0.717) is 17.9 Å². The van der Waals surface area contributed by atoms with Crippen molar-refractivity contribution in [2.24, 2.45) is 0 Å². The number of carbonyl (C=O) groups excluding carboxylic acids is 2. The Hall–Kier alpha value is -2.53. The Kier molecular flexibility index (Phi) is 6.27. The van der Waals surface area contributed by atoms with Gasteiger partial charge in [-0.2, -0.15) is 5.10 Å². The van der Waals surface area contributed by atoms with Crippen molar-refractivity contribution in [3.05, 3.63) is 53.0 Å². The van der Waals surface area contributed by atoms with Crippen LogP contribution in [0, 0.1) is 13.8 Å². The van der Waals surface area contributed by atoms with Gasteiger partial charge in [0.15, 0.2) is 0 Å². The molecule has 1 amide bonds. The molecule has 0 unspecified atom stereocenters. The van der Waals surface area contributed by atoms with Gasteiger partial charge in [-0.3, -0.25) is 4.79 Å². The number of benzene rings is 1. The molecule has 0 aliphatic carbocycles. The second-order valence-electron chi connectivity index (χ2n) is 5.86. The first kappa shape index (κ1) is 19.8. The minimum absolute atomic E-state index is 0. The molecule has 0 radical (unpaired) electrons. The zero-order chi connectivity index (χ0) is 18.0. The molecular weight excluding hydrogens is 502 g/mol. The summed E-state index contributed by atoms with van der Waals surface area (Å²) in [7, 11) is 0. The van der Waals surface area contributed by atoms with Crippen LogP contribution in [0.2, 0.25) is 0 Å². The van der Waals surface area contributed by atoms with E-state index in [1.54, 1.807) is 10.7 Å². The largest absolute Gasteiger partial charge is 0.376 e. The molecule has 2 aromatic heterocycles. The average Bonchev–Trinajstić information content (AvgIpc) is 2.92. The first-order valence-electron chi connectivity index (χ1n) is 7.81. The molecule has 0 aliphatic heterocycles. The monoisotopic (exact) mass is 520 g/mol. The van der Waals surface area contributed by atoms with E-state index in [1.807, 2.05) is 38.3 Å². The number of aromatic nitrogens is 3. The maximum Gasteiger partial charge on any atom is 0.217 e. The van der Waals surface area contributed by atoms with Gasteiger partial charge in [0.1, 0.15) is 12.1 Å². The van der Waals surface area contributed by atoms with Gasteiger partial charge in [-0.1, -0.05) is 25.3 Å².